The van der Waals surface area contributed by atoms with E-state index in [1.807, 2.05) is 29.1 Å². The highest BCUT2D eigenvalue weighted by atomic mass is 16.5. The van der Waals surface area contributed by atoms with Crippen LogP contribution < -0.4 is 5.32 Å². The maximum atomic E-state index is 12.5. The Kier molecular flexibility index (Phi) is 5.83. The Morgan fingerprint density at radius 2 is 2.00 bits per heavy atom. The Morgan fingerprint density at radius 3 is 2.75 bits per heavy atom. The maximum absolute atomic E-state index is 12.5. The second kappa shape index (κ2) is 9.06. The van der Waals surface area contributed by atoms with E-state index in [2.05, 4.69) is 38.6 Å². The van der Waals surface area contributed by atoms with Crippen LogP contribution in [0.25, 0.3) is 17.2 Å². The second-order valence-corrected chi connectivity index (χ2v) is 8.47. The average molecular weight is 430 g/mol. The second-order valence-electron chi connectivity index (χ2n) is 8.47. The van der Waals surface area contributed by atoms with Crippen molar-refractivity contribution >= 4 is 17.7 Å². The van der Waals surface area contributed by atoms with E-state index >= 15 is 0 Å². The van der Waals surface area contributed by atoms with Crippen LogP contribution in [0.5, 0.6) is 0 Å². The highest BCUT2D eigenvalue weighted by Crippen LogP contribution is 2.35. The molecule has 3 heterocycles. The number of likely N-dealkylation sites (tertiary alicyclic amines) is 1. The Bertz CT molecular complexity index is 1110. The molecule has 1 amide bonds. The van der Waals surface area contributed by atoms with Gasteiger partial charge in [0, 0.05) is 68.2 Å². The number of carbonyl (C=O) groups is 1. The van der Waals surface area contributed by atoms with Gasteiger partial charge in [-0.05, 0) is 48.2 Å². The highest BCUT2D eigenvalue weighted by Gasteiger charge is 2.26. The van der Waals surface area contributed by atoms with Gasteiger partial charge in [-0.3, -0.25) is 19.4 Å². The molecule has 0 atom stereocenters. The lowest BCUT2D eigenvalue weighted by molar-refractivity contribution is -0.111. The number of methoxy groups -OCH3 is 1. The molecule has 2 aromatic heterocycles. The Hall–Kier alpha value is -3.29. The minimum absolute atomic E-state index is 0.174. The number of nitrogens with one attached hydrogen (secondary N) is 1. The SMILES string of the molecule is COC1CN(Cc2ccc(NC(=O)C=Cc3cnccc3-c3cnn(C4CC4)c3)cc2)C1. The quantitative estimate of drug-likeness (QED) is 0.552. The molecule has 1 N–H and O–H groups in total. The summed E-state index contributed by atoms with van der Waals surface area (Å²) >= 11 is 0. The minimum Gasteiger partial charge on any atom is -0.379 e. The molecule has 0 bridgehead atoms. The first-order valence-corrected chi connectivity index (χ1v) is 11.0. The molecule has 2 aliphatic rings. The fourth-order valence-electron chi connectivity index (χ4n) is 3.92. The molecular weight excluding hydrogens is 402 g/mol. The summed E-state index contributed by atoms with van der Waals surface area (Å²) in [7, 11) is 1.76. The van der Waals surface area contributed by atoms with E-state index in [9.17, 15) is 4.79 Å². The van der Waals surface area contributed by atoms with E-state index in [-0.39, 0.29) is 5.91 Å². The third-order valence-corrected chi connectivity index (χ3v) is 5.98. The topological polar surface area (TPSA) is 72.3 Å². The molecule has 0 spiro atoms. The highest BCUT2D eigenvalue weighted by molar-refractivity contribution is 6.02. The largest absolute Gasteiger partial charge is 0.379 e. The van der Waals surface area contributed by atoms with E-state index < -0.39 is 0 Å². The molecule has 0 radical (unpaired) electrons. The predicted molar refractivity (Wildman–Crippen MR) is 124 cm³/mol. The molecule has 7 nitrogen and oxygen atoms in total. The fourth-order valence-corrected chi connectivity index (χ4v) is 3.92. The summed E-state index contributed by atoms with van der Waals surface area (Å²) in [6, 6.07) is 10.5. The van der Waals surface area contributed by atoms with Gasteiger partial charge in [-0.1, -0.05) is 12.1 Å². The summed E-state index contributed by atoms with van der Waals surface area (Å²) in [6.07, 6.45) is 13.6. The Balaban J connectivity index is 1.19. The molecule has 164 valence electrons. The molecule has 0 unspecified atom stereocenters. The van der Waals surface area contributed by atoms with Crippen molar-refractivity contribution in [1.29, 1.82) is 0 Å². The van der Waals surface area contributed by atoms with Crippen LogP contribution >= 0.6 is 0 Å². The molecule has 3 aromatic rings. The number of hydrogen-bond donors (Lipinski definition) is 1. The summed E-state index contributed by atoms with van der Waals surface area (Å²) < 4.78 is 7.34. The number of anilines is 1. The van der Waals surface area contributed by atoms with Crippen LogP contribution in [0.1, 0.15) is 30.0 Å². The minimum atomic E-state index is -0.174. The lowest BCUT2D eigenvalue weighted by Gasteiger charge is -2.38. The lowest BCUT2D eigenvalue weighted by atomic mass is 10.0. The summed E-state index contributed by atoms with van der Waals surface area (Å²) in [6.45, 7) is 2.84. The smallest absolute Gasteiger partial charge is 0.248 e. The van der Waals surface area contributed by atoms with Crippen LogP contribution in [0, 0.1) is 0 Å². The van der Waals surface area contributed by atoms with Crippen molar-refractivity contribution in [2.75, 3.05) is 25.5 Å². The van der Waals surface area contributed by atoms with Crippen LogP contribution in [0.4, 0.5) is 5.69 Å². The molecule has 7 heteroatoms. The number of rotatable bonds is 8. The van der Waals surface area contributed by atoms with Crippen molar-refractivity contribution in [3.63, 3.8) is 0 Å². The number of carbonyl (C=O) groups excluding carboxylic acids is 1. The van der Waals surface area contributed by atoms with Crippen LogP contribution in [0.3, 0.4) is 0 Å². The summed E-state index contributed by atoms with van der Waals surface area (Å²) in [5.74, 6) is -0.174. The number of hydrogen-bond acceptors (Lipinski definition) is 5. The first-order chi connectivity index (χ1) is 15.7. The van der Waals surface area contributed by atoms with Gasteiger partial charge in [0.15, 0.2) is 0 Å². The first-order valence-electron chi connectivity index (χ1n) is 11.0. The third-order valence-electron chi connectivity index (χ3n) is 5.98. The van der Waals surface area contributed by atoms with Gasteiger partial charge in [-0.2, -0.15) is 5.10 Å². The number of benzene rings is 1. The zero-order valence-electron chi connectivity index (χ0n) is 18.1. The molecule has 5 rings (SSSR count). The zero-order chi connectivity index (χ0) is 21.9. The molecule has 2 fully saturated rings. The molecule has 1 aromatic carbocycles. The molecule has 32 heavy (non-hydrogen) atoms. The monoisotopic (exact) mass is 429 g/mol. The van der Waals surface area contributed by atoms with E-state index in [4.69, 9.17) is 4.74 Å². The number of amides is 1. The van der Waals surface area contributed by atoms with Gasteiger partial charge < -0.3 is 10.1 Å². The standard InChI is InChI=1S/C25H27N5O2/c1-32-23-16-29(17-23)14-18-2-5-21(6-3-18)28-25(31)9-4-19-12-26-11-10-24(19)20-13-27-30(15-20)22-7-8-22/h2-6,9-13,15,22-23H,7-8,14,16-17H2,1H3,(H,28,31). The van der Waals surface area contributed by atoms with Gasteiger partial charge in [-0.25, -0.2) is 0 Å². The first kappa shape index (κ1) is 20.6. The molecule has 1 saturated heterocycles. The van der Waals surface area contributed by atoms with Gasteiger partial charge in [0.1, 0.15) is 0 Å². The van der Waals surface area contributed by atoms with E-state index in [0.717, 1.165) is 42.0 Å². The van der Waals surface area contributed by atoms with E-state index in [0.29, 0.717) is 12.1 Å². The number of ether oxygens (including phenoxy) is 1. The summed E-state index contributed by atoms with van der Waals surface area (Å²) in [5, 5.41) is 7.40. The van der Waals surface area contributed by atoms with E-state index in [1.165, 1.54) is 18.4 Å². The van der Waals surface area contributed by atoms with Crippen molar-refractivity contribution in [2.24, 2.45) is 0 Å². The molecule has 1 aliphatic heterocycles. The fraction of sp³-hybridized carbons (Fsp3) is 0.320. The Morgan fingerprint density at radius 1 is 1.19 bits per heavy atom. The van der Waals surface area contributed by atoms with Gasteiger partial charge in [-0.15, -0.1) is 0 Å². The predicted octanol–water partition coefficient (Wildman–Crippen LogP) is 3.76. The number of pyridine rings is 1. The maximum Gasteiger partial charge on any atom is 0.248 e. The van der Waals surface area contributed by atoms with Gasteiger partial charge >= 0.3 is 0 Å². The lowest BCUT2D eigenvalue weighted by Crippen LogP contribution is -2.50. The van der Waals surface area contributed by atoms with Crippen LogP contribution in [-0.4, -0.2) is 51.9 Å². The van der Waals surface area contributed by atoms with Crippen LogP contribution in [0.15, 0.2) is 61.2 Å². The number of aromatic nitrogens is 3. The average Bonchev–Trinajstić information content (AvgIpc) is 3.52. The van der Waals surface area contributed by atoms with Gasteiger partial charge in [0.25, 0.3) is 0 Å². The van der Waals surface area contributed by atoms with Crippen molar-refractivity contribution in [2.45, 2.75) is 31.5 Å². The normalized spacial score (nSPS) is 16.9. The summed E-state index contributed by atoms with van der Waals surface area (Å²) in [4.78, 5) is 19.0. The molecule has 1 aliphatic carbocycles. The summed E-state index contributed by atoms with van der Waals surface area (Å²) in [5.41, 5.74) is 4.94. The van der Waals surface area contributed by atoms with Crippen LogP contribution in [-0.2, 0) is 16.1 Å². The third kappa shape index (κ3) is 4.79. The molecule has 1 saturated carbocycles. The van der Waals surface area contributed by atoms with Crippen molar-refractivity contribution in [3.05, 3.63) is 72.3 Å². The van der Waals surface area contributed by atoms with Crippen LogP contribution in [0.2, 0.25) is 0 Å². The van der Waals surface area contributed by atoms with Gasteiger partial charge in [0.05, 0.1) is 18.3 Å². The number of nitrogens with zero attached hydrogens (tertiary/aromatic N) is 4. The van der Waals surface area contributed by atoms with Crippen molar-refractivity contribution in [3.8, 4) is 11.1 Å². The van der Waals surface area contributed by atoms with Crippen molar-refractivity contribution in [1.82, 2.24) is 19.7 Å². The zero-order valence-corrected chi connectivity index (χ0v) is 18.1. The van der Waals surface area contributed by atoms with Crippen molar-refractivity contribution < 1.29 is 9.53 Å². The molecular formula is C25H27N5O2. The van der Waals surface area contributed by atoms with E-state index in [1.54, 1.807) is 31.7 Å². The van der Waals surface area contributed by atoms with Gasteiger partial charge in [0.2, 0.25) is 5.91 Å². The Labute approximate surface area is 187 Å².